The SMILES string of the molecule is Cn1ccnc1CN(CCCO)C1CCC1. The van der Waals surface area contributed by atoms with Gasteiger partial charge in [-0.1, -0.05) is 6.42 Å². The first-order chi connectivity index (χ1) is 7.81. The minimum Gasteiger partial charge on any atom is -0.396 e. The number of aliphatic hydroxyl groups excluding tert-OH is 1. The predicted octanol–water partition coefficient (Wildman–Crippen LogP) is 1.16. The Hall–Kier alpha value is -0.870. The van der Waals surface area contributed by atoms with Crippen LogP contribution in [-0.4, -0.2) is 38.8 Å². The van der Waals surface area contributed by atoms with Crippen LogP contribution in [0, 0.1) is 0 Å². The number of hydrogen-bond acceptors (Lipinski definition) is 3. The summed E-state index contributed by atoms with van der Waals surface area (Å²) in [5, 5.41) is 8.92. The third kappa shape index (κ3) is 2.62. The molecule has 4 nitrogen and oxygen atoms in total. The monoisotopic (exact) mass is 223 g/mol. The van der Waals surface area contributed by atoms with Gasteiger partial charge in [-0.3, -0.25) is 4.90 Å². The standard InChI is InChI=1S/C12H21N3O/c1-14-8-6-13-12(14)10-15(7-3-9-16)11-4-2-5-11/h6,8,11,16H,2-5,7,9-10H2,1H3. The van der Waals surface area contributed by atoms with Crippen molar-refractivity contribution in [3.8, 4) is 0 Å². The maximum absolute atomic E-state index is 8.92. The average Bonchev–Trinajstić information content (AvgIpc) is 2.58. The van der Waals surface area contributed by atoms with Crippen LogP contribution in [0.25, 0.3) is 0 Å². The van der Waals surface area contributed by atoms with E-state index in [1.54, 1.807) is 0 Å². The molecular weight excluding hydrogens is 202 g/mol. The van der Waals surface area contributed by atoms with Crippen LogP contribution in [0.15, 0.2) is 12.4 Å². The number of nitrogens with zero attached hydrogens (tertiary/aromatic N) is 3. The van der Waals surface area contributed by atoms with Crippen LogP contribution in [0.4, 0.5) is 0 Å². The van der Waals surface area contributed by atoms with Gasteiger partial charge in [-0.05, 0) is 19.3 Å². The largest absolute Gasteiger partial charge is 0.396 e. The van der Waals surface area contributed by atoms with Crippen molar-refractivity contribution in [2.75, 3.05) is 13.2 Å². The first kappa shape index (κ1) is 11.6. The molecule has 1 aliphatic rings. The molecule has 0 spiro atoms. The number of rotatable bonds is 6. The number of hydrogen-bond donors (Lipinski definition) is 1. The van der Waals surface area contributed by atoms with Crippen molar-refractivity contribution in [1.29, 1.82) is 0 Å². The second-order valence-electron chi connectivity index (χ2n) is 4.59. The highest BCUT2D eigenvalue weighted by atomic mass is 16.3. The smallest absolute Gasteiger partial charge is 0.122 e. The van der Waals surface area contributed by atoms with Crippen LogP contribution in [-0.2, 0) is 13.6 Å². The Morgan fingerprint density at radius 3 is 2.88 bits per heavy atom. The molecule has 2 rings (SSSR count). The first-order valence-corrected chi connectivity index (χ1v) is 6.12. The van der Waals surface area contributed by atoms with Gasteiger partial charge in [-0.25, -0.2) is 4.98 Å². The lowest BCUT2D eigenvalue weighted by Crippen LogP contribution is -2.41. The van der Waals surface area contributed by atoms with Gasteiger partial charge in [0.2, 0.25) is 0 Å². The zero-order valence-electron chi connectivity index (χ0n) is 9.97. The van der Waals surface area contributed by atoms with Gasteiger partial charge in [0.1, 0.15) is 5.82 Å². The summed E-state index contributed by atoms with van der Waals surface area (Å²) < 4.78 is 2.07. The average molecular weight is 223 g/mol. The molecule has 0 amide bonds. The van der Waals surface area contributed by atoms with E-state index < -0.39 is 0 Å². The van der Waals surface area contributed by atoms with E-state index in [9.17, 15) is 0 Å². The summed E-state index contributed by atoms with van der Waals surface area (Å²) in [6.45, 7) is 2.17. The molecule has 16 heavy (non-hydrogen) atoms. The first-order valence-electron chi connectivity index (χ1n) is 6.12. The molecule has 1 saturated carbocycles. The Morgan fingerprint density at radius 1 is 1.56 bits per heavy atom. The summed E-state index contributed by atoms with van der Waals surface area (Å²) >= 11 is 0. The van der Waals surface area contributed by atoms with Gasteiger partial charge in [0.25, 0.3) is 0 Å². The van der Waals surface area contributed by atoms with Crippen LogP contribution in [0.3, 0.4) is 0 Å². The molecule has 0 bridgehead atoms. The summed E-state index contributed by atoms with van der Waals surface area (Å²) in [5.74, 6) is 1.12. The Labute approximate surface area is 96.9 Å². The molecule has 90 valence electrons. The van der Waals surface area contributed by atoms with E-state index in [1.165, 1.54) is 19.3 Å². The Bertz CT molecular complexity index is 320. The minimum absolute atomic E-state index is 0.282. The molecule has 1 aliphatic carbocycles. The van der Waals surface area contributed by atoms with Gasteiger partial charge >= 0.3 is 0 Å². The second-order valence-corrected chi connectivity index (χ2v) is 4.59. The van der Waals surface area contributed by atoms with E-state index in [0.29, 0.717) is 6.04 Å². The number of aromatic nitrogens is 2. The Morgan fingerprint density at radius 2 is 2.38 bits per heavy atom. The highest BCUT2D eigenvalue weighted by Crippen LogP contribution is 2.25. The van der Waals surface area contributed by atoms with Gasteiger partial charge in [0.05, 0.1) is 6.54 Å². The van der Waals surface area contributed by atoms with E-state index in [1.807, 2.05) is 19.4 Å². The molecular formula is C12H21N3O. The van der Waals surface area contributed by atoms with Crippen LogP contribution in [0.2, 0.25) is 0 Å². The summed E-state index contributed by atoms with van der Waals surface area (Å²) in [6, 6.07) is 0.711. The fraction of sp³-hybridized carbons (Fsp3) is 0.750. The molecule has 1 aromatic rings. The van der Waals surface area contributed by atoms with Crippen LogP contribution in [0.1, 0.15) is 31.5 Å². The number of aryl methyl sites for hydroxylation is 1. The molecule has 1 heterocycles. The van der Waals surface area contributed by atoms with E-state index in [0.717, 1.165) is 25.3 Å². The molecule has 0 atom stereocenters. The van der Waals surface area contributed by atoms with Crippen molar-refractivity contribution in [2.24, 2.45) is 7.05 Å². The molecule has 0 unspecified atom stereocenters. The van der Waals surface area contributed by atoms with Crippen molar-refractivity contribution >= 4 is 0 Å². The van der Waals surface area contributed by atoms with E-state index in [-0.39, 0.29) is 6.61 Å². The van der Waals surface area contributed by atoms with Gasteiger partial charge in [-0.15, -0.1) is 0 Å². The molecule has 0 aliphatic heterocycles. The minimum atomic E-state index is 0.282. The molecule has 0 saturated heterocycles. The predicted molar refractivity (Wildman–Crippen MR) is 63.0 cm³/mol. The lowest BCUT2D eigenvalue weighted by Gasteiger charge is -2.37. The second kappa shape index (κ2) is 5.46. The normalized spacial score (nSPS) is 16.7. The Balaban J connectivity index is 1.93. The molecule has 1 N–H and O–H groups in total. The summed E-state index contributed by atoms with van der Waals surface area (Å²) in [5.41, 5.74) is 0. The third-order valence-electron chi connectivity index (χ3n) is 3.46. The van der Waals surface area contributed by atoms with Gasteiger partial charge < -0.3 is 9.67 Å². The van der Waals surface area contributed by atoms with Crippen LogP contribution >= 0.6 is 0 Å². The van der Waals surface area contributed by atoms with Crippen LogP contribution < -0.4 is 0 Å². The topological polar surface area (TPSA) is 41.3 Å². The Kier molecular flexibility index (Phi) is 3.96. The number of aliphatic hydroxyl groups is 1. The quantitative estimate of drug-likeness (QED) is 0.786. The fourth-order valence-corrected chi connectivity index (χ4v) is 2.15. The molecule has 0 radical (unpaired) electrons. The summed E-state index contributed by atoms with van der Waals surface area (Å²) in [7, 11) is 2.04. The summed E-state index contributed by atoms with van der Waals surface area (Å²) in [6.07, 6.45) is 8.65. The van der Waals surface area contributed by atoms with Crippen molar-refractivity contribution in [3.05, 3.63) is 18.2 Å². The molecule has 1 fully saturated rings. The molecule has 1 aromatic heterocycles. The summed E-state index contributed by atoms with van der Waals surface area (Å²) in [4.78, 5) is 6.82. The van der Waals surface area contributed by atoms with Crippen LogP contribution in [0.5, 0.6) is 0 Å². The van der Waals surface area contributed by atoms with E-state index in [4.69, 9.17) is 5.11 Å². The van der Waals surface area contributed by atoms with Crippen molar-refractivity contribution in [3.63, 3.8) is 0 Å². The maximum Gasteiger partial charge on any atom is 0.122 e. The highest BCUT2D eigenvalue weighted by Gasteiger charge is 2.25. The lowest BCUT2D eigenvalue weighted by molar-refractivity contribution is 0.105. The lowest BCUT2D eigenvalue weighted by atomic mass is 9.91. The van der Waals surface area contributed by atoms with E-state index >= 15 is 0 Å². The maximum atomic E-state index is 8.92. The van der Waals surface area contributed by atoms with Crippen molar-refractivity contribution in [1.82, 2.24) is 14.5 Å². The van der Waals surface area contributed by atoms with E-state index in [2.05, 4.69) is 14.5 Å². The molecule has 0 aromatic carbocycles. The van der Waals surface area contributed by atoms with Crippen molar-refractivity contribution in [2.45, 2.75) is 38.3 Å². The fourth-order valence-electron chi connectivity index (χ4n) is 2.15. The molecule has 4 heteroatoms. The third-order valence-corrected chi connectivity index (χ3v) is 3.46. The highest BCUT2D eigenvalue weighted by molar-refractivity contribution is 4.93. The zero-order valence-corrected chi connectivity index (χ0v) is 9.97. The van der Waals surface area contributed by atoms with Gasteiger partial charge in [0.15, 0.2) is 0 Å². The zero-order chi connectivity index (χ0) is 11.4. The van der Waals surface area contributed by atoms with Gasteiger partial charge in [0, 0.05) is 38.6 Å². The number of imidazole rings is 1. The van der Waals surface area contributed by atoms with Gasteiger partial charge in [-0.2, -0.15) is 0 Å². The van der Waals surface area contributed by atoms with Crippen molar-refractivity contribution < 1.29 is 5.11 Å².